The number of carbonyl (C=O) groups is 1. The van der Waals surface area contributed by atoms with Gasteiger partial charge in [-0.25, -0.2) is 4.98 Å². The van der Waals surface area contributed by atoms with Crippen LogP contribution in [0.2, 0.25) is 0 Å². The second kappa shape index (κ2) is 11.9. The van der Waals surface area contributed by atoms with E-state index >= 15 is 0 Å². The van der Waals surface area contributed by atoms with Crippen molar-refractivity contribution in [1.29, 1.82) is 0 Å². The molecule has 1 N–H and O–H groups in total. The summed E-state index contributed by atoms with van der Waals surface area (Å²) < 4.78 is 18.5. The van der Waals surface area contributed by atoms with Gasteiger partial charge in [-0.2, -0.15) is 0 Å². The van der Waals surface area contributed by atoms with Gasteiger partial charge in [0.2, 0.25) is 0 Å². The van der Waals surface area contributed by atoms with Crippen LogP contribution in [0, 0.1) is 0 Å². The molecule has 182 valence electrons. The molecule has 0 spiro atoms. The van der Waals surface area contributed by atoms with Gasteiger partial charge < -0.3 is 24.1 Å². The lowest BCUT2D eigenvalue weighted by Crippen LogP contribution is -2.26. The van der Waals surface area contributed by atoms with Crippen LogP contribution < -0.4 is 19.5 Å². The van der Waals surface area contributed by atoms with Crippen LogP contribution in [-0.2, 0) is 13.0 Å². The van der Waals surface area contributed by atoms with Crippen molar-refractivity contribution in [2.24, 2.45) is 0 Å². The fourth-order valence-corrected chi connectivity index (χ4v) is 3.95. The average molecular weight is 474 g/mol. The van der Waals surface area contributed by atoms with Crippen molar-refractivity contribution in [3.63, 3.8) is 0 Å². The molecular weight excluding hydrogens is 442 g/mol. The first kappa shape index (κ1) is 24.1. The molecule has 0 saturated carbocycles. The lowest BCUT2D eigenvalue weighted by molar-refractivity contribution is 0.0954. The van der Waals surface area contributed by atoms with Crippen molar-refractivity contribution in [1.82, 2.24) is 14.9 Å². The van der Waals surface area contributed by atoms with Gasteiger partial charge in [-0.05, 0) is 61.4 Å². The largest absolute Gasteiger partial charge is 0.497 e. The van der Waals surface area contributed by atoms with Gasteiger partial charge >= 0.3 is 0 Å². The molecule has 0 aliphatic carbocycles. The van der Waals surface area contributed by atoms with E-state index in [1.54, 1.807) is 38.5 Å². The number of ether oxygens (including phenoxy) is 3. The third-order valence-electron chi connectivity index (χ3n) is 5.81. The van der Waals surface area contributed by atoms with Crippen molar-refractivity contribution < 1.29 is 19.0 Å². The summed E-state index contributed by atoms with van der Waals surface area (Å²) in [5.41, 5.74) is 2.68. The van der Waals surface area contributed by atoms with Crippen LogP contribution in [0.1, 0.15) is 29.0 Å². The third kappa shape index (κ3) is 6.32. The van der Waals surface area contributed by atoms with E-state index in [9.17, 15) is 4.79 Å². The Hall–Kier alpha value is -4.00. The number of aromatic nitrogens is 2. The Bertz CT molecular complexity index is 1250. The van der Waals surface area contributed by atoms with Crippen molar-refractivity contribution in [2.45, 2.75) is 25.8 Å². The van der Waals surface area contributed by atoms with Crippen LogP contribution in [0.4, 0.5) is 0 Å². The highest BCUT2D eigenvalue weighted by Gasteiger charge is 2.11. The number of fused-ring (bicyclic) bond motifs is 1. The van der Waals surface area contributed by atoms with Crippen LogP contribution in [0.15, 0.2) is 72.8 Å². The van der Waals surface area contributed by atoms with Gasteiger partial charge in [0.05, 0.1) is 31.9 Å². The molecule has 0 aliphatic rings. The number of para-hydroxylation sites is 2. The van der Waals surface area contributed by atoms with Gasteiger partial charge in [0, 0.05) is 31.1 Å². The monoisotopic (exact) mass is 473 g/mol. The van der Waals surface area contributed by atoms with Crippen LogP contribution >= 0.6 is 0 Å². The van der Waals surface area contributed by atoms with E-state index in [1.807, 2.05) is 42.5 Å². The molecule has 0 fully saturated rings. The molecule has 0 unspecified atom stereocenters. The molecule has 4 rings (SSSR count). The number of benzene rings is 3. The standard InChI is InChI=1S/C28H31N3O4/c1-33-22-14-12-21(13-15-22)28(32)29-17-16-27-30-25-10-3-4-11-26(25)31(27)18-5-6-19-35-24-9-7-8-23(20-24)34-2/h3-4,7-15,20H,5-6,16-19H2,1-2H3,(H,29,32). The zero-order valence-electron chi connectivity index (χ0n) is 20.2. The summed E-state index contributed by atoms with van der Waals surface area (Å²) in [6, 6.07) is 22.9. The molecule has 7 nitrogen and oxygen atoms in total. The maximum atomic E-state index is 12.5. The summed E-state index contributed by atoms with van der Waals surface area (Å²) in [4.78, 5) is 17.3. The molecule has 0 saturated heterocycles. The lowest BCUT2D eigenvalue weighted by Gasteiger charge is -2.11. The highest BCUT2D eigenvalue weighted by Crippen LogP contribution is 2.20. The van der Waals surface area contributed by atoms with Crippen molar-refractivity contribution >= 4 is 16.9 Å². The van der Waals surface area contributed by atoms with Crippen molar-refractivity contribution in [3.8, 4) is 17.2 Å². The number of nitrogens with one attached hydrogen (secondary N) is 1. The SMILES string of the molecule is COc1ccc(C(=O)NCCc2nc3ccccc3n2CCCCOc2cccc(OC)c2)cc1. The summed E-state index contributed by atoms with van der Waals surface area (Å²) in [7, 11) is 3.26. The maximum absolute atomic E-state index is 12.5. The van der Waals surface area contributed by atoms with Crippen LogP contribution in [-0.4, -0.2) is 42.8 Å². The van der Waals surface area contributed by atoms with E-state index in [4.69, 9.17) is 19.2 Å². The molecule has 0 radical (unpaired) electrons. The number of rotatable bonds is 12. The number of nitrogens with zero attached hydrogens (tertiary/aromatic N) is 2. The highest BCUT2D eigenvalue weighted by molar-refractivity contribution is 5.94. The van der Waals surface area contributed by atoms with Gasteiger partial charge in [-0.15, -0.1) is 0 Å². The van der Waals surface area contributed by atoms with Crippen LogP contribution in [0.25, 0.3) is 11.0 Å². The van der Waals surface area contributed by atoms with Gasteiger partial charge in [0.15, 0.2) is 0 Å². The molecular formula is C28H31N3O4. The van der Waals surface area contributed by atoms with Crippen molar-refractivity contribution in [3.05, 3.63) is 84.2 Å². The summed E-state index contributed by atoms with van der Waals surface area (Å²) in [6.07, 6.45) is 2.52. The third-order valence-corrected chi connectivity index (χ3v) is 5.81. The first-order chi connectivity index (χ1) is 17.2. The Kier molecular flexibility index (Phi) is 8.22. The van der Waals surface area contributed by atoms with E-state index < -0.39 is 0 Å². The van der Waals surface area contributed by atoms with E-state index in [1.165, 1.54) is 0 Å². The number of hydrogen-bond donors (Lipinski definition) is 1. The smallest absolute Gasteiger partial charge is 0.251 e. The zero-order chi connectivity index (χ0) is 24.5. The van der Waals surface area contributed by atoms with Crippen LogP contribution in [0.5, 0.6) is 17.2 Å². The number of unbranched alkanes of at least 4 members (excludes halogenated alkanes) is 1. The normalized spacial score (nSPS) is 10.8. The summed E-state index contributed by atoms with van der Waals surface area (Å²) >= 11 is 0. The second-order valence-corrected chi connectivity index (χ2v) is 8.14. The molecule has 4 aromatic rings. The molecule has 1 aromatic heterocycles. The summed E-state index contributed by atoms with van der Waals surface area (Å²) in [6.45, 7) is 1.98. The van der Waals surface area contributed by atoms with E-state index in [-0.39, 0.29) is 5.91 Å². The first-order valence-corrected chi connectivity index (χ1v) is 11.8. The fourth-order valence-electron chi connectivity index (χ4n) is 3.95. The number of aryl methyl sites for hydroxylation is 1. The molecule has 0 aliphatic heterocycles. The minimum Gasteiger partial charge on any atom is -0.497 e. The molecule has 0 bridgehead atoms. The minimum atomic E-state index is -0.106. The molecule has 35 heavy (non-hydrogen) atoms. The lowest BCUT2D eigenvalue weighted by atomic mass is 10.2. The van der Waals surface area contributed by atoms with Gasteiger partial charge in [0.25, 0.3) is 5.91 Å². The quantitative estimate of drug-likeness (QED) is 0.297. The fraction of sp³-hybridized carbons (Fsp3) is 0.286. The zero-order valence-corrected chi connectivity index (χ0v) is 20.2. The second-order valence-electron chi connectivity index (χ2n) is 8.14. The summed E-state index contributed by atoms with van der Waals surface area (Å²) in [5, 5.41) is 3.00. The Labute approximate surface area is 205 Å². The predicted molar refractivity (Wildman–Crippen MR) is 136 cm³/mol. The van der Waals surface area contributed by atoms with Gasteiger partial charge in [-0.3, -0.25) is 4.79 Å². The average Bonchev–Trinajstić information content (AvgIpc) is 3.25. The Morgan fingerprint density at radius 1 is 0.886 bits per heavy atom. The summed E-state index contributed by atoms with van der Waals surface area (Å²) in [5.74, 6) is 3.19. The number of methoxy groups -OCH3 is 2. The number of amides is 1. The van der Waals surface area contributed by atoms with Crippen LogP contribution in [0.3, 0.4) is 0 Å². The van der Waals surface area contributed by atoms with E-state index in [0.29, 0.717) is 25.1 Å². The van der Waals surface area contributed by atoms with E-state index in [2.05, 4.69) is 16.0 Å². The number of hydrogen-bond acceptors (Lipinski definition) is 5. The molecule has 1 amide bonds. The van der Waals surface area contributed by atoms with Gasteiger partial charge in [0.1, 0.15) is 23.1 Å². The Morgan fingerprint density at radius 3 is 2.46 bits per heavy atom. The topological polar surface area (TPSA) is 74.6 Å². The predicted octanol–water partition coefficient (Wildman–Crippen LogP) is 4.89. The maximum Gasteiger partial charge on any atom is 0.251 e. The highest BCUT2D eigenvalue weighted by atomic mass is 16.5. The van der Waals surface area contributed by atoms with E-state index in [0.717, 1.165) is 53.5 Å². The molecule has 1 heterocycles. The molecule has 7 heteroatoms. The Balaban J connectivity index is 1.31. The Morgan fingerprint density at radius 2 is 1.66 bits per heavy atom. The molecule has 3 aromatic carbocycles. The van der Waals surface area contributed by atoms with Gasteiger partial charge in [-0.1, -0.05) is 18.2 Å². The van der Waals surface area contributed by atoms with Crippen molar-refractivity contribution in [2.75, 3.05) is 27.4 Å². The first-order valence-electron chi connectivity index (χ1n) is 11.8. The number of imidazole rings is 1. The number of carbonyl (C=O) groups excluding carboxylic acids is 1. The molecule has 0 atom stereocenters. The minimum absolute atomic E-state index is 0.106.